The summed E-state index contributed by atoms with van der Waals surface area (Å²) in [7, 11) is 1.44. The summed E-state index contributed by atoms with van der Waals surface area (Å²) in [6, 6.07) is 4.40. The van der Waals surface area contributed by atoms with E-state index in [1.807, 2.05) is 0 Å². The first kappa shape index (κ1) is 11.1. The van der Waals surface area contributed by atoms with Crippen molar-refractivity contribution >= 4 is 11.6 Å². The van der Waals surface area contributed by atoms with E-state index in [0.29, 0.717) is 5.02 Å². The summed E-state index contributed by atoms with van der Waals surface area (Å²) in [5, 5.41) is 11.3. The summed E-state index contributed by atoms with van der Waals surface area (Å²) in [4.78, 5) is 0. The molecule has 0 fully saturated rings. The standard InChI is InChI=1S/C7H7ClO2.Na/c1-10-7-4-5(8)2-3-6(7)9;/h2-4,9H,1H3;/q;+1/p-1. The van der Waals surface area contributed by atoms with Gasteiger partial charge in [-0.2, -0.15) is 0 Å². The minimum Gasteiger partial charge on any atom is -0.870 e. The van der Waals surface area contributed by atoms with Crippen LogP contribution < -0.4 is 39.4 Å². The summed E-state index contributed by atoms with van der Waals surface area (Å²) >= 11 is 5.58. The van der Waals surface area contributed by atoms with Crippen LogP contribution in [-0.4, -0.2) is 7.11 Å². The average Bonchev–Trinajstić information content (AvgIpc) is 1.94. The number of methoxy groups -OCH3 is 1. The second kappa shape index (κ2) is 4.88. The Morgan fingerprint density at radius 2 is 2.09 bits per heavy atom. The first-order valence-electron chi connectivity index (χ1n) is 2.74. The molecule has 0 saturated heterocycles. The van der Waals surface area contributed by atoms with Gasteiger partial charge < -0.3 is 9.84 Å². The van der Waals surface area contributed by atoms with Gasteiger partial charge in [-0.1, -0.05) is 23.4 Å². The van der Waals surface area contributed by atoms with Crippen molar-refractivity contribution in [1.29, 1.82) is 0 Å². The van der Waals surface area contributed by atoms with Crippen LogP contribution in [0.2, 0.25) is 5.02 Å². The second-order valence-corrected chi connectivity index (χ2v) is 2.23. The van der Waals surface area contributed by atoms with Gasteiger partial charge in [-0.25, -0.2) is 0 Å². The van der Waals surface area contributed by atoms with Gasteiger partial charge in [0, 0.05) is 5.02 Å². The molecule has 0 heterocycles. The Bertz CT molecular complexity index is 240. The number of benzene rings is 1. The molecule has 1 rings (SSSR count). The van der Waals surface area contributed by atoms with E-state index in [2.05, 4.69) is 0 Å². The van der Waals surface area contributed by atoms with Crippen LogP contribution in [0.4, 0.5) is 0 Å². The topological polar surface area (TPSA) is 32.3 Å². The van der Waals surface area contributed by atoms with Gasteiger partial charge in [-0.05, 0) is 12.1 Å². The molecule has 0 aliphatic heterocycles. The van der Waals surface area contributed by atoms with Crippen LogP contribution in [0.15, 0.2) is 18.2 Å². The third-order valence-corrected chi connectivity index (χ3v) is 1.36. The Labute approximate surface area is 92.4 Å². The zero-order valence-electron chi connectivity index (χ0n) is 6.43. The fourth-order valence-corrected chi connectivity index (χ4v) is 0.804. The van der Waals surface area contributed by atoms with Crippen molar-refractivity contribution in [2.24, 2.45) is 0 Å². The van der Waals surface area contributed by atoms with Gasteiger partial charge in [0.05, 0.1) is 7.11 Å². The minimum absolute atomic E-state index is 0. The minimum atomic E-state index is -0.146. The summed E-state index contributed by atoms with van der Waals surface area (Å²) < 4.78 is 4.73. The molecule has 1 aromatic rings. The maximum atomic E-state index is 10.8. The van der Waals surface area contributed by atoms with E-state index in [1.165, 1.54) is 25.3 Å². The van der Waals surface area contributed by atoms with Crippen LogP contribution in [-0.2, 0) is 0 Å². The maximum absolute atomic E-state index is 10.8. The van der Waals surface area contributed by atoms with Gasteiger partial charge >= 0.3 is 29.6 Å². The average molecular weight is 181 g/mol. The molecule has 0 saturated carbocycles. The van der Waals surface area contributed by atoms with Crippen LogP contribution in [0.5, 0.6) is 11.5 Å². The van der Waals surface area contributed by atoms with Crippen molar-refractivity contribution in [1.82, 2.24) is 0 Å². The molecule has 0 aliphatic rings. The van der Waals surface area contributed by atoms with Crippen molar-refractivity contribution in [3.8, 4) is 11.5 Å². The Balaban J connectivity index is 0.000001000. The van der Waals surface area contributed by atoms with Gasteiger partial charge in [0.2, 0.25) is 0 Å². The quantitative estimate of drug-likeness (QED) is 0.489. The van der Waals surface area contributed by atoms with Gasteiger partial charge in [-0.15, -0.1) is 0 Å². The molecule has 0 bridgehead atoms. The molecule has 0 radical (unpaired) electrons. The summed E-state index contributed by atoms with van der Waals surface area (Å²) in [6.45, 7) is 0. The van der Waals surface area contributed by atoms with Crippen molar-refractivity contribution in [2.45, 2.75) is 0 Å². The predicted molar refractivity (Wildman–Crippen MR) is 37.5 cm³/mol. The van der Waals surface area contributed by atoms with E-state index < -0.39 is 0 Å². The van der Waals surface area contributed by atoms with Crippen LogP contribution in [0.3, 0.4) is 0 Å². The van der Waals surface area contributed by atoms with E-state index in [1.54, 1.807) is 0 Å². The molecule has 0 unspecified atom stereocenters. The van der Waals surface area contributed by atoms with Crippen LogP contribution in [0, 0.1) is 0 Å². The maximum Gasteiger partial charge on any atom is 1.00 e. The monoisotopic (exact) mass is 180 g/mol. The molecule has 54 valence electrons. The van der Waals surface area contributed by atoms with Crippen molar-refractivity contribution in [2.75, 3.05) is 7.11 Å². The Morgan fingerprint density at radius 1 is 1.45 bits per heavy atom. The Hall–Kier alpha value is 0.110. The first-order valence-corrected chi connectivity index (χ1v) is 3.12. The van der Waals surface area contributed by atoms with Gasteiger partial charge in [-0.3, -0.25) is 0 Å². The van der Waals surface area contributed by atoms with E-state index in [9.17, 15) is 5.11 Å². The van der Waals surface area contributed by atoms with E-state index in [-0.39, 0.29) is 41.1 Å². The van der Waals surface area contributed by atoms with Gasteiger partial charge in [0.25, 0.3) is 0 Å². The zero-order chi connectivity index (χ0) is 7.56. The van der Waals surface area contributed by atoms with Crippen LogP contribution >= 0.6 is 11.6 Å². The molecule has 11 heavy (non-hydrogen) atoms. The Kier molecular flexibility index (Phi) is 4.93. The SMILES string of the molecule is COc1cc(Cl)ccc1[O-].[Na+]. The summed E-state index contributed by atoms with van der Waals surface area (Å²) in [5.41, 5.74) is 0. The molecular weight excluding hydrogens is 175 g/mol. The molecule has 4 heteroatoms. The molecule has 0 atom stereocenters. The molecule has 0 spiro atoms. The molecule has 1 aromatic carbocycles. The van der Waals surface area contributed by atoms with E-state index in [4.69, 9.17) is 16.3 Å². The van der Waals surface area contributed by atoms with Crippen molar-refractivity contribution < 1.29 is 39.4 Å². The van der Waals surface area contributed by atoms with E-state index in [0.717, 1.165) is 0 Å². The number of hydrogen-bond donors (Lipinski definition) is 0. The predicted octanol–water partition coefficient (Wildman–Crippen LogP) is -1.57. The summed E-state index contributed by atoms with van der Waals surface area (Å²) in [6.07, 6.45) is 0. The smallest absolute Gasteiger partial charge is 0.870 e. The van der Waals surface area contributed by atoms with Crippen LogP contribution in [0.1, 0.15) is 0 Å². The number of rotatable bonds is 1. The van der Waals surface area contributed by atoms with Crippen LogP contribution in [0.25, 0.3) is 0 Å². The van der Waals surface area contributed by atoms with Gasteiger partial charge in [0.1, 0.15) is 5.75 Å². The molecule has 0 aliphatic carbocycles. The zero-order valence-corrected chi connectivity index (χ0v) is 9.18. The van der Waals surface area contributed by atoms with E-state index >= 15 is 0 Å². The molecular formula is C7H6ClNaO2. The Morgan fingerprint density at radius 3 is 2.55 bits per heavy atom. The molecule has 0 N–H and O–H groups in total. The second-order valence-electron chi connectivity index (χ2n) is 1.80. The third kappa shape index (κ3) is 2.91. The fraction of sp³-hybridized carbons (Fsp3) is 0.143. The largest absolute Gasteiger partial charge is 1.00 e. The van der Waals surface area contributed by atoms with Crippen molar-refractivity contribution in [3.63, 3.8) is 0 Å². The first-order chi connectivity index (χ1) is 4.74. The molecule has 2 nitrogen and oxygen atoms in total. The number of hydrogen-bond acceptors (Lipinski definition) is 2. The third-order valence-electron chi connectivity index (χ3n) is 1.13. The fourth-order valence-electron chi connectivity index (χ4n) is 0.641. The van der Waals surface area contributed by atoms with Gasteiger partial charge in [0.15, 0.2) is 0 Å². The molecule has 0 aromatic heterocycles. The number of ether oxygens (including phenoxy) is 1. The van der Waals surface area contributed by atoms with Crippen molar-refractivity contribution in [3.05, 3.63) is 23.2 Å². The normalized spacial score (nSPS) is 8.55. The number of halogens is 1. The molecule has 0 amide bonds. The summed E-state index contributed by atoms with van der Waals surface area (Å²) in [5.74, 6) is 0.138.